The van der Waals surface area contributed by atoms with Crippen LogP contribution in [0.3, 0.4) is 0 Å². The molecule has 1 saturated carbocycles. The highest BCUT2D eigenvalue weighted by molar-refractivity contribution is 7.10. The van der Waals surface area contributed by atoms with E-state index in [-0.39, 0.29) is 29.7 Å². The van der Waals surface area contributed by atoms with Gasteiger partial charge in [0.15, 0.2) is 0 Å². The summed E-state index contributed by atoms with van der Waals surface area (Å²) in [4.78, 5) is 32.8. The van der Waals surface area contributed by atoms with E-state index < -0.39 is 0 Å². The van der Waals surface area contributed by atoms with Crippen LogP contribution in [0.4, 0.5) is 0 Å². The first-order chi connectivity index (χ1) is 13.1. The number of piperidine rings is 1. The summed E-state index contributed by atoms with van der Waals surface area (Å²) in [5, 5.41) is 5.25. The molecule has 2 aromatic heterocycles. The smallest absolute Gasteiger partial charge is 0.225 e. The number of amides is 2. The van der Waals surface area contributed by atoms with Gasteiger partial charge in [0.2, 0.25) is 11.8 Å². The lowest BCUT2D eigenvalue weighted by Crippen LogP contribution is -2.44. The van der Waals surface area contributed by atoms with E-state index in [9.17, 15) is 9.59 Å². The maximum atomic E-state index is 13.0. The fourth-order valence-electron chi connectivity index (χ4n) is 3.74. The summed E-state index contributed by atoms with van der Waals surface area (Å²) in [7, 11) is 0. The molecule has 3 heterocycles. The highest BCUT2D eigenvalue weighted by atomic mass is 32.1. The predicted octanol–water partition coefficient (Wildman–Crippen LogP) is 3.31. The highest BCUT2D eigenvalue weighted by Crippen LogP contribution is 2.33. The summed E-state index contributed by atoms with van der Waals surface area (Å²) in [6, 6.07) is 7.76. The second-order valence-corrected chi connectivity index (χ2v) is 8.52. The lowest BCUT2D eigenvalue weighted by atomic mass is 9.94. The first kappa shape index (κ1) is 18.2. The fourth-order valence-corrected chi connectivity index (χ4v) is 4.52. The third-order valence-corrected chi connectivity index (χ3v) is 6.48. The van der Waals surface area contributed by atoms with Gasteiger partial charge in [-0.25, -0.2) is 0 Å². The SMILES string of the molecule is Cc1cccnc1C(NC(=O)C1CCN(C(=O)C2CC2)CC1)c1cccs1. The summed E-state index contributed by atoms with van der Waals surface area (Å²) in [5.41, 5.74) is 1.97. The van der Waals surface area contributed by atoms with Gasteiger partial charge in [-0.15, -0.1) is 11.3 Å². The zero-order valence-electron chi connectivity index (χ0n) is 15.6. The van der Waals surface area contributed by atoms with Crippen molar-refractivity contribution in [2.75, 3.05) is 13.1 Å². The predicted molar refractivity (Wildman–Crippen MR) is 105 cm³/mol. The van der Waals surface area contributed by atoms with Crippen molar-refractivity contribution in [1.82, 2.24) is 15.2 Å². The summed E-state index contributed by atoms with van der Waals surface area (Å²) in [6.07, 6.45) is 5.32. The van der Waals surface area contributed by atoms with Gasteiger partial charge in [0, 0.05) is 36.0 Å². The zero-order chi connectivity index (χ0) is 18.8. The standard InChI is InChI=1S/C21H25N3O2S/c1-14-4-2-10-22-18(14)19(17-5-3-13-27-17)23-20(25)15-8-11-24(12-9-15)21(26)16-6-7-16/h2-5,10,13,15-16,19H,6-9,11-12H2,1H3,(H,23,25). The van der Waals surface area contributed by atoms with Crippen LogP contribution < -0.4 is 5.32 Å². The van der Waals surface area contributed by atoms with Crippen molar-refractivity contribution in [3.05, 3.63) is 52.0 Å². The van der Waals surface area contributed by atoms with Crippen LogP contribution in [0.5, 0.6) is 0 Å². The Morgan fingerprint density at radius 3 is 2.56 bits per heavy atom. The highest BCUT2D eigenvalue weighted by Gasteiger charge is 2.36. The molecule has 1 unspecified atom stereocenters. The second-order valence-electron chi connectivity index (χ2n) is 7.54. The van der Waals surface area contributed by atoms with Gasteiger partial charge >= 0.3 is 0 Å². The largest absolute Gasteiger partial charge is 0.343 e. The number of pyridine rings is 1. The van der Waals surface area contributed by atoms with Crippen LogP contribution in [0, 0.1) is 18.8 Å². The van der Waals surface area contributed by atoms with Gasteiger partial charge in [0.05, 0.1) is 5.69 Å². The molecule has 5 nitrogen and oxygen atoms in total. The minimum absolute atomic E-state index is 0.0419. The first-order valence-corrected chi connectivity index (χ1v) is 10.6. The maximum Gasteiger partial charge on any atom is 0.225 e. The van der Waals surface area contributed by atoms with Crippen LogP contribution in [0.2, 0.25) is 0 Å². The van der Waals surface area contributed by atoms with Crippen molar-refractivity contribution in [2.24, 2.45) is 11.8 Å². The number of nitrogens with zero attached hydrogens (tertiary/aromatic N) is 2. The third kappa shape index (κ3) is 4.05. The molecule has 6 heteroatoms. The molecular formula is C21H25N3O2S. The topological polar surface area (TPSA) is 62.3 Å². The number of nitrogens with one attached hydrogen (secondary N) is 1. The van der Waals surface area contributed by atoms with E-state index in [0.717, 1.165) is 41.8 Å². The molecule has 0 bridgehead atoms. The number of aromatic nitrogens is 1. The molecule has 0 aromatic carbocycles. The van der Waals surface area contributed by atoms with Crippen LogP contribution in [0.25, 0.3) is 0 Å². The molecule has 0 spiro atoms. The Labute approximate surface area is 163 Å². The molecule has 0 radical (unpaired) electrons. The van der Waals surface area contributed by atoms with E-state index in [1.807, 2.05) is 41.5 Å². The van der Waals surface area contributed by atoms with Gasteiger partial charge in [-0.2, -0.15) is 0 Å². The van der Waals surface area contributed by atoms with Crippen molar-refractivity contribution in [3.63, 3.8) is 0 Å². The zero-order valence-corrected chi connectivity index (χ0v) is 16.4. The number of carbonyl (C=O) groups is 2. The van der Waals surface area contributed by atoms with E-state index in [4.69, 9.17) is 0 Å². The van der Waals surface area contributed by atoms with Gasteiger partial charge in [0.25, 0.3) is 0 Å². The van der Waals surface area contributed by atoms with Crippen LogP contribution >= 0.6 is 11.3 Å². The maximum absolute atomic E-state index is 13.0. The number of carbonyl (C=O) groups excluding carboxylic acids is 2. The van der Waals surface area contributed by atoms with Crippen molar-refractivity contribution >= 4 is 23.2 Å². The Bertz CT molecular complexity index is 809. The minimum atomic E-state index is -0.218. The molecular weight excluding hydrogens is 358 g/mol. The lowest BCUT2D eigenvalue weighted by Gasteiger charge is -2.32. The molecule has 142 valence electrons. The van der Waals surface area contributed by atoms with E-state index in [0.29, 0.717) is 13.1 Å². The van der Waals surface area contributed by atoms with E-state index in [2.05, 4.69) is 10.3 Å². The number of hydrogen-bond acceptors (Lipinski definition) is 4. The average Bonchev–Trinajstić information content (AvgIpc) is 3.41. The molecule has 2 aromatic rings. The van der Waals surface area contributed by atoms with Gasteiger partial charge < -0.3 is 10.2 Å². The Balaban J connectivity index is 1.43. The molecule has 2 fully saturated rings. The Morgan fingerprint density at radius 2 is 1.93 bits per heavy atom. The van der Waals surface area contributed by atoms with Gasteiger partial charge in [-0.3, -0.25) is 14.6 Å². The van der Waals surface area contributed by atoms with Crippen molar-refractivity contribution in [2.45, 2.75) is 38.6 Å². The Hall–Kier alpha value is -2.21. The minimum Gasteiger partial charge on any atom is -0.343 e. The Kier molecular flexibility index (Phi) is 5.25. The molecule has 1 N–H and O–H groups in total. The molecule has 27 heavy (non-hydrogen) atoms. The van der Waals surface area contributed by atoms with Crippen molar-refractivity contribution in [3.8, 4) is 0 Å². The fraction of sp³-hybridized carbons (Fsp3) is 0.476. The number of hydrogen-bond donors (Lipinski definition) is 1. The number of aryl methyl sites for hydroxylation is 1. The van der Waals surface area contributed by atoms with Crippen LogP contribution in [-0.2, 0) is 9.59 Å². The molecule has 1 atom stereocenters. The van der Waals surface area contributed by atoms with E-state index >= 15 is 0 Å². The molecule has 1 saturated heterocycles. The van der Waals surface area contributed by atoms with E-state index in [1.54, 1.807) is 17.5 Å². The number of thiophene rings is 1. The van der Waals surface area contributed by atoms with Crippen LogP contribution in [0.15, 0.2) is 35.8 Å². The van der Waals surface area contributed by atoms with E-state index in [1.165, 1.54) is 0 Å². The molecule has 2 amide bonds. The summed E-state index contributed by atoms with van der Waals surface area (Å²) in [5.74, 6) is 0.567. The second kappa shape index (κ2) is 7.80. The monoisotopic (exact) mass is 383 g/mol. The normalized spacial score (nSPS) is 18.9. The Morgan fingerprint density at radius 1 is 1.15 bits per heavy atom. The first-order valence-electron chi connectivity index (χ1n) is 9.67. The quantitative estimate of drug-likeness (QED) is 0.862. The van der Waals surface area contributed by atoms with Crippen molar-refractivity contribution < 1.29 is 9.59 Å². The molecule has 2 aliphatic rings. The number of rotatable bonds is 5. The lowest BCUT2D eigenvalue weighted by molar-refractivity contribution is -0.136. The summed E-state index contributed by atoms with van der Waals surface area (Å²) >= 11 is 1.63. The molecule has 1 aliphatic carbocycles. The summed E-state index contributed by atoms with van der Waals surface area (Å²) in [6.45, 7) is 3.41. The van der Waals surface area contributed by atoms with Gasteiger partial charge in [-0.1, -0.05) is 12.1 Å². The van der Waals surface area contributed by atoms with Crippen LogP contribution in [0.1, 0.15) is 47.9 Å². The third-order valence-electron chi connectivity index (χ3n) is 5.54. The van der Waals surface area contributed by atoms with Crippen LogP contribution in [-0.4, -0.2) is 34.8 Å². The van der Waals surface area contributed by atoms with Gasteiger partial charge in [0.1, 0.15) is 6.04 Å². The molecule has 1 aliphatic heterocycles. The molecule has 4 rings (SSSR count). The average molecular weight is 384 g/mol. The summed E-state index contributed by atoms with van der Waals surface area (Å²) < 4.78 is 0. The number of likely N-dealkylation sites (tertiary alicyclic amines) is 1. The van der Waals surface area contributed by atoms with Crippen molar-refractivity contribution in [1.29, 1.82) is 0 Å². The van der Waals surface area contributed by atoms with Gasteiger partial charge in [-0.05, 0) is 55.7 Å².